The highest BCUT2D eigenvalue weighted by Gasteiger charge is 2.12. The molecule has 6 N–H and O–H groups in total. The number of halogens is 2. The Morgan fingerprint density at radius 3 is 1.94 bits per heavy atom. The van der Waals surface area contributed by atoms with E-state index in [-0.39, 0.29) is 22.5 Å². The maximum absolute atomic E-state index is 13.3. The van der Waals surface area contributed by atoms with E-state index < -0.39 is 23.1 Å². The zero-order chi connectivity index (χ0) is 13.4. The Morgan fingerprint density at radius 1 is 0.833 bits per heavy atom. The van der Waals surface area contributed by atoms with Crippen molar-refractivity contribution in [2.75, 3.05) is 11.5 Å². The Balaban J connectivity index is 2.63. The molecule has 0 unspecified atom stereocenters. The fourth-order valence-corrected chi connectivity index (χ4v) is 1.56. The van der Waals surface area contributed by atoms with E-state index in [2.05, 4.69) is 0 Å². The van der Waals surface area contributed by atoms with Crippen LogP contribution in [0.1, 0.15) is 0 Å². The molecule has 0 aromatic heterocycles. The number of phenols is 2. The van der Waals surface area contributed by atoms with Gasteiger partial charge in [0.1, 0.15) is 11.4 Å². The average Bonchev–Trinajstić information content (AvgIpc) is 2.31. The largest absolute Gasteiger partial charge is 0.506 e. The van der Waals surface area contributed by atoms with Gasteiger partial charge in [-0.3, -0.25) is 0 Å². The third-order valence-electron chi connectivity index (χ3n) is 2.53. The molecule has 6 heteroatoms. The van der Waals surface area contributed by atoms with Crippen molar-refractivity contribution in [3.8, 4) is 22.6 Å². The normalized spacial score (nSPS) is 10.6. The lowest BCUT2D eigenvalue weighted by Gasteiger charge is -2.08. The zero-order valence-corrected chi connectivity index (χ0v) is 9.11. The molecule has 0 aliphatic rings. The van der Waals surface area contributed by atoms with Gasteiger partial charge in [0.15, 0.2) is 17.4 Å². The van der Waals surface area contributed by atoms with Crippen LogP contribution in [0.2, 0.25) is 0 Å². The first kappa shape index (κ1) is 12.0. The van der Waals surface area contributed by atoms with Gasteiger partial charge in [-0.15, -0.1) is 0 Å². The highest BCUT2D eigenvalue weighted by Crippen LogP contribution is 2.34. The van der Waals surface area contributed by atoms with E-state index in [1.807, 2.05) is 0 Å². The Bertz CT molecular complexity index is 528. The van der Waals surface area contributed by atoms with E-state index in [1.54, 1.807) is 0 Å². The van der Waals surface area contributed by atoms with Crippen LogP contribution in [-0.2, 0) is 0 Å². The summed E-state index contributed by atoms with van der Waals surface area (Å²) in [5.41, 5.74) is 10.5. The van der Waals surface area contributed by atoms with Gasteiger partial charge in [-0.1, -0.05) is 0 Å². The minimum atomic E-state index is -0.929. The maximum Gasteiger partial charge on any atom is 0.174 e. The summed E-state index contributed by atoms with van der Waals surface area (Å²) in [6.07, 6.45) is 0. The van der Waals surface area contributed by atoms with E-state index in [9.17, 15) is 19.0 Å². The lowest BCUT2D eigenvalue weighted by molar-refractivity contribution is 0.435. The summed E-state index contributed by atoms with van der Waals surface area (Å²) in [6.45, 7) is 0. The Labute approximate surface area is 101 Å². The fraction of sp³-hybridized carbons (Fsp3) is 0. The van der Waals surface area contributed by atoms with Crippen LogP contribution in [0, 0.1) is 11.6 Å². The van der Waals surface area contributed by atoms with Crippen molar-refractivity contribution in [2.45, 2.75) is 0 Å². The topological polar surface area (TPSA) is 92.5 Å². The molecule has 0 spiro atoms. The molecule has 0 atom stereocenters. The quantitative estimate of drug-likeness (QED) is 0.462. The molecule has 0 fully saturated rings. The predicted molar refractivity (Wildman–Crippen MR) is 63.9 cm³/mol. The van der Waals surface area contributed by atoms with Gasteiger partial charge in [-0.2, -0.15) is 0 Å². The zero-order valence-electron chi connectivity index (χ0n) is 9.11. The van der Waals surface area contributed by atoms with Crippen molar-refractivity contribution < 1.29 is 19.0 Å². The molecular formula is C12H10F2N2O2. The first-order valence-corrected chi connectivity index (χ1v) is 4.96. The van der Waals surface area contributed by atoms with Gasteiger partial charge < -0.3 is 21.7 Å². The molecule has 2 aromatic rings. The summed E-state index contributed by atoms with van der Waals surface area (Å²) in [6, 6.07) is 4.48. The number of hydrogen-bond acceptors (Lipinski definition) is 4. The van der Waals surface area contributed by atoms with Gasteiger partial charge >= 0.3 is 0 Å². The summed E-state index contributed by atoms with van der Waals surface area (Å²) in [5, 5.41) is 18.6. The SMILES string of the molecule is Nc1cc(-c2cc(O)c(N)c(F)c2)cc(F)c1O. The van der Waals surface area contributed by atoms with Crippen LogP contribution in [-0.4, -0.2) is 10.2 Å². The van der Waals surface area contributed by atoms with E-state index in [1.165, 1.54) is 12.1 Å². The first-order chi connectivity index (χ1) is 8.40. The number of nitrogen functional groups attached to an aromatic ring is 2. The van der Waals surface area contributed by atoms with Crippen molar-refractivity contribution in [3.63, 3.8) is 0 Å². The number of phenolic OH excluding ortho intramolecular Hbond substituents is 2. The second-order valence-electron chi connectivity index (χ2n) is 3.79. The van der Waals surface area contributed by atoms with Gasteiger partial charge in [0.2, 0.25) is 0 Å². The van der Waals surface area contributed by atoms with E-state index >= 15 is 0 Å². The van der Waals surface area contributed by atoms with Crippen LogP contribution in [0.5, 0.6) is 11.5 Å². The number of nitrogens with two attached hydrogens (primary N) is 2. The summed E-state index contributed by atoms with van der Waals surface area (Å²) in [4.78, 5) is 0. The standard InChI is InChI=1S/C12H10F2N2O2/c13-7-1-6(4-10(17)11(7)16)5-2-8(14)12(18)9(15)3-5/h1-4,17-18H,15-16H2. The Hall–Kier alpha value is -2.50. The summed E-state index contributed by atoms with van der Waals surface area (Å²) >= 11 is 0. The van der Waals surface area contributed by atoms with Crippen LogP contribution in [0.4, 0.5) is 20.2 Å². The molecule has 0 bridgehead atoms. The smallest absolute Gasteiger partial charge is 0.174 e. The number of benzene rings is 2. The minimum Gasteiger partial charge on any atom is -0.506 e. The molecule has 2 aromatic carbocycles. The van der Waals surface area contributed by atoms with Crippen LogP contribution < -0.4 is 11.5 Å². The lowest BCUT2D eigenvalue weighted by atomic mass is 10.0. The average molecular weight is 252 g/mol. The maximum atomic E-state index is 13.3. The van der Waals surface area contributed by atoms with Crippen LogP contribution in [0.15, 0.2) is 24.3 Å². The van der Waals surface area contributed by atoms with Crippen molar-refractivity contribution in [2.24, 2.45) is 0 Å². The van der Waals surface area contributed by atoms with Crippen LogP contribution >= 0.6 is 0 Å². The number of anilines is 2. The lowest BCUT2D eigenvalue weighted by Crippen LogP contribution is -1.94. The molecule has 0 saturated heterocycles. The Kier molecular flexibility index (Phi) is 2.70. The Morgan fingerprint density at radius 2 is 1.39 bits per heavy atom. The fourth-order valence-electron chi connectivity index (χ4n) is 1.56. The van der Waals surface area contributed by atoms with Gasteiger partial charge in [0.05, 0.1) is 5.69 Å². The van der Waals surface area contributed by atoms with Crippen molar-refractivity contribution >= 4 is 11.4 Å². The molecular weight excluding hydrogens is 242 g/mol. The summed E-state index contributed by atoms with van der Waals surface area (Å²) < 4.78 is 26.6. The summed E-state index contributed by atoms with van der Waals surface area (Å²) in [5.74, 6) is -2.87. The number of rotatable bonds is 1. The third kappa shape index (κ3) is 1.88. The molecule has 94 valence electrons. The monoisotopic (exact) mass is 252 g/mol. The molecule has 4 nitrogen and oxygen atoms in total. The summed E-state index contributed by atoms with van der Waals surface area (Å²) in [7, 11) is 0. The molecule has 18 heavy (non-hydrogen) atoms. The third-order valence-corrected chi connectivity index (χ3v) is 2.53. The van der Waals surface area contributed by atoms with Gasteiger partial charge in [-0.25, -0.2) is 8.78 Å². The van der Waals surface area contributed by atoms with E-state index in [0.29, 0.717) is 0 Å². The molecule has 0 amide bonds. The van der Waals surface area contributed by atoms with E-state index in [0.717, 1.165) is 12.1 Å². The van der Waals surface area contributed by atoms with Gasteiger partial charge in [-0.05, 0) is 35.4 Å². The molecule has 0 aliphatic heterocycles. The van der Waals surface area contributed by atoms with Crippen LogP contribution in [0.25, 0.3) is 11.1 Å². The molecule has 2 rings (SSSR count). The van der Waals surface area contributed by atoms with E-state index in [4.69, 9.17) is 11.5 Å². The molecule has 0 heterocycles. The van der Waals surface area contributed by atoms with Crippen molar-refractivity contribution in [1.82, 2.24) is 0 Å². The molecule has 0 radical (unpaired) electrons. The van der Waals surface area contributed by atoms with Crippen molar-refractivity contribution in [3.05, 3.63) is 35.9 Å². The number of aromatic hydroxyl groups is 2. The minimum absolute atomic E-state index is 0.179. The highest BCUT2D eigenvalue weighted by atomic mass is 19.1. The highest BCUT2D eigenvalue weighted by molar-refractivity contribution is 5.74. The predicted octanol–water partition coefficient (Wildman–Crippen LogP) is 2.21. The van der Waals surface area contributed by atoms with Crippen molar-refractivity contribution in [1.29, 1.82) is 0 Å². The van der Waals surface area contributed by atoms with Gasteiger partial charge in [0, 0.05) is 0 Å². The first-order valence-electron chi connectivity index (χ1n) is 4.96. The van der Waals surface area contributed by atoms with Crippen LogP contribution in [0.3, 0.4) is 0 Å². The number of hydrogen-bond donors (Lipinski definition) is 4. The van der Waals surface area contributed by atoms with Gasteiger partial charge in [0.25, 0.3) is 0 Å². The second kappa shape index (κ2) is 4.06. The second-order valence-corrected chi connectivity index (χ2v) is 3.79. The molecule has 0 saturated carbocycles. The molecule has 0 aliphatic carbocycles.